The van der Waals surface area contributed by atoms with Crippen molar-refractivity contribution < 1.29 is 0 Å². The van der Waals surface area contributed by atoms with Gasteiger partial charge in [0.15, 0.2) is 0 Å². The van der Waals surface area contributed by atoms with Gasteiger partial charge in [-0.2, -0.15) is 0 Å². The van der Waals surface area contributed by atoms with E-state index >= 15 is 0 Å². The summed E-state index contributed by atoms with van der Waals surface area (Å²) in [5, 5.41) is 31.4. The number of hydrogen-bond acceptors (Lipinski definition) is 15. The van der Waals surface area contributed by atoms with Crippen molar-refractivity contribution in [2.75, 3.05) is 43.9 Å². The number of aromatic nitrogens is 4. The molecule has 0 saturated heterocycles. The van der Waals surface area contributed by atoms with Crippen LogP contribution in [0.1, 0.15) is 76.4 Å². The molecule has 0 radical (unpaired) electrons. The van der Waals surface area contributed by atoms with Gasteiger partial charge in [-0.25, -0.2) is 0 Å². The van der Waals surface area contributed by atoms with Gasteiger partial charge in [0.2, 0.25) is 0 Å². The number of aromatic amines is 3. The lowest BCUT2D eigenvalue weighted by molar-refractivity contribution is 0.653. The Bertz CT molecular complexity index is 5660. The number of aryl methyl sites for hydroxylation is 2. The van der Waals surface area contributed by atoms with Gasteiger partial charge in [0, 0.05) is 116 Å². The van der Waals surface area contributed by atoms with Crippen LogP contribution in [0.15, 0.2) is 266 Å². The lowest BCUT2D eigenvalue weighted by atomic mass is 10.1. The van der Waals surface area contributed by atoms with Crippen molar-refractivity contribution in [3.8, 4) is 0 Å². The van der Waals surface area contributed by atoms with E-state index in [1.54, 1.807) is 70.6 Å². The van der Waals surface area contributed by atoms with Gasteiger partial charge in [-0.1, -0.05) is 304 Å². The third kappa shape index (κ3) is 29.8. The molecule has 6 heterocycles. The Balaban J connectivity index is 0.000000144. The highest BCUT2D eigenvalue weighted by Gasteiger charge is 2.21. The molecule has 16 rings (SSSR count). The van der Waals surface area contributed by atoms with E-state index in [0.29, 0.717) is 6.04 Å². The van der Waals surface area contributed by atoms with Crippen LogP contribution in [0.25, 0.3) is 74.6 Å². The Morgan fingerprint density at radius 2 is 0.983 bits per heavy atom. The van der Waals surface area contributed by atoms with Gasteiger partial charge in [-0.3, -0.25) is 4.98 Å². The molecule has 0 atom stereocenters. The number of pyridine rings is 1. The van der Waals surface area contributed by atoms with Crippen LogP contribution in [-0.4, -0.2) is 95.6 Å². The van der Waals surface area contributed by atoms with Gasteiger partial charge in [0.25, 0.3) is 0 Å². The van der Waals surface area contributed by atoms with Crippen LogP contribution in [0.3, 0.4) is 0 Å². The van der Waals surface area contributed by atoms with Gasteiger partial charge in [0.05, 0.1) is 15.9 Å². The van der Waals surface area contributed by atoms with Crippen molar-refractivity contribution in [3.63, 3.8) is 0 Å². The summed E-state index contributed by atoms with van der Waals surface area (Å²) in [5.74, 6) is 1.75. The summed E-state index contributed by atoms with van der Waals surface area (Å²) in [5.41, 5.74) is 16.7. The summed E-state index contributed by atoms with van der Waals surface area (Å²) in [6, 6.07) is 78.8. The van der Waals surface area contributed by atoms with E-state index in [-0.39, 0.29) is 0 Å². The summed E-state index contributed by atoms with van der Waals surface area (Å²) >= 11 is 44.5. The first-order valence-electron chi connectivity index (χ1n) is 38.6. The molecule has 9 aromatic carbocycles. The minimum absolute atomic E-state index is 0.507. The monoisotopic (exact) mass is 1800 g/mol. The smallest absolute Gasteiger partial charge is 0.134 e. The van der Waals surface area contributed by atoms with E-state index in [0.717, 1.165) is 125 Å². The highest BCUT2D eigenvalue weighted by Crippen LogP contribution is 2.30. The Morgan fingerprint density at radius 1 is 0.462 bits per heavy atom. The largest absolute Gasteiger partial charge is 0.371 e. The molecular formula is C94H99N9S14. The molecule has 117 heavy (non-hydrogen) atoms. The zero-order valence-corrected chi connectivity index (χ0v) is 77.8. The fourth-order valence-corrected chi connectivity index (χ4v) is 18.2. The average Bonchev–Trinajstić information content (AvgIpc) is 1.64. The van der Waals surface area contributed by atoms with Gasteiger partial charge in [-0.05, 0) is 183 Å². The number of thiophene rings is 2. The minimum atomic E-state index is 0.507. The van der Waals surface area contributed by atoms with E-state index in [2.05, 4.69) is 271 Å². The third-order valence-corrected chi connectivity index (χ3v) is 28.4. The summed E-state index contributed by atoms with van der Waals surface area (Å²) in [6.07, 6.45) is 25.8. The molecule has 0 aliphatic heterocycles. The molecule has 0 bridgehead atoms. The molecule has 0 amide bonds. The molecule has 604 valence electrons. The maximum absolute atomic E-state index is 5.39. The molecule has 8 N–H and O–H groups in total. The number of unbranched alkanes of at least 4 members (excludes halogenated alkanes) is 1. The lowest BCUT2D eigenvalue weighted by Gasteiger charge is -2.12. The van der Waals surface area contributed by atoms with Crippen molar-refractivity contribution in [2.24, 2.45) is 0 Å². The maximum Gasteiger partial charge on any atom is 0.134 e. The first-order valence-corrected chi connectivity index (χ1v) is 49.7. The minimum Gasteiger partial charge on any atom is -0.371 e. The van der Waals surface area contributed by atoms with Gasteiger partial charge < -0.3 is 41.5 Å². The fraction of sp³-hybridized carbons (Fsp3) is 0.223. The van der Waals surface area contributed by atoms with Crippen LogP contribution in [0.2, 0.25) is 0 Å². The van der Waals surface area contributed by atoms with Crippen LogP contribution < -0.4 is 26.6 Å². The number of thiocarbonyl (C=S) groups is 6. The second-order valence-corrected chi connectivity index (χ2v) is 38.3. The van der Waals surface area contributed by atoms with Crippen molar-refractivity contribution in [1.82, 2.24) is 46.5 Å². The number of fused-ring (bicyclic) bond motifs is 9. The third-order valence-electron chi connectivity index (χ3n) is 19.0. The van der Waals surface area contributed by atoms with E-state index in [4.69, 9.17) is 73.3 Å². The quantitative estimate of drug-likeness (QED) is 0.0198. The van der Waals surface area contributed by atoms with E-state index in [1.807, 2.05) is 96.6 Å². The van der Waals surface area contributed by atoms with E-state index in [1.165, 1.54) is 121 Å². The molecule has 0 fully saturated rings. The zero-order chi connectivity index (χ0) is 82.4. The Morgan fingerprint density at radius 3 is 1.57 bits per heavy atom. The molecule has 1 aliphatic rings. The number of nitrogens with one attached hydrogen (secondary N) is 8. The second kappa shape index (κ2) is 50.6. The summed E-state index contributed by atoms with van der Waals surface area (Å²) in [4.78, 5) is 14.4. The van der Waals surface area contributed by atoms with Crippen LogP contribution in [0.4, 0.5) is 0 Å². The second-order valence-electron chi connectivity index (χ2n) is 27.0. The first-order chi connectivity index (χ1) is 57.2. The number of thioether (sulfide) groups is 6. The summed E-state index contributed by atoms with van der Waals surface area (Å²) in [6.45, 7) is 9.27. The highest BCUT2D eigenvalue weighted by atomic mass is 32.2. The Labute approximate surface area is 755 Å². The normalized spacial score (nSPS) is 11.2. The molecule has 0 saturated carbocycles. The van der Waals surface area contributed by atoms with Crippen molar-refractivity contribution in [2.45, 2.75) is 89.6 Å². The fourth-order valence-electron chi connectivity index (χ4n) is 13.0. The molecule has 1 aliphatic carbocycles. The van der Waals surface area contributed by atoms with Gasteiger partial charge in [-0.15, -0.1) is 76.3 Å². The molecule has 0 spiro atoms. The summed E-state index contributed by atoms with van der Waals surface area (Å²) < 4.78 is 8.12. The summed E-state index contributed by atoms with van der Waals surface area (Å²) in [7, 11) is 0. The number of benzene rings is 9. The number of nitrogens with zero attached hydrogens (tertiary/aromatic N) is 1. The SMILES string of the molecule is C=CCSC(=S)NCc1c[nH]c2ccccc12.CCCCc1cc2c(cn1)[nH]c1ccccc12.CSC(=S)Cc1ccc2ccccc2c1.CSC(=S)NC1Cc2ccccc2C1.CSC(=S)NCCCc1csc2ccccc12.CSC(=S)NCCc1csc2ccccc12.S=C(NCc1c[nH]c2ccccc12)SCc1ccccc1. The van der Waals surface area contributed by atoms with Crippen LogP contribution in [0, 0.1) is 0 Å². The van der Waals surface area contributed by atoms with Crippen molar-refractivity contribution in [3.05, 3.63) is 317 Å². The average molecular weight is 1800 g/mol. The molecule has 0 unspecified atom stereocenters. The predicted molar refractivity (Wildman–Crippen MR) is 553 cm³/mol. The van der Waals surface area contributed by atoms with Crippen molar-refractivity contribution >= 4 is 267 Å². The number of hydrogen-bond donors (Lipinski definition) is 8. The zero-order valence-electron chi connectivity index (χ0n) is 66.4. The maximum atomic E-state index is 5.39. The molecule has 6 aromatic heterocycles. The Kier molecular flexibility index (Phi) is 39.7. The molecular weight excluding hydrogens is 1700 g/mol. The number of H-pyrrole nitrogens is 3. The predicted octanol–water partition coefficient (Wildman–Crippen LogP) is 26.2. The van der Waals surface area contributed by atoms with Gasteiger partial charge >= 0.3 is 0 Å². The number of para-hydroxylation sites is 3. The van der Waals surface area contributed by atoms with Gasteiger partial charge in [0.1, 0.15) is 21.6 Å². The van der Waals surface area contributed by atoms with Crippen LogP contribution in [0.5, 0.6) is 0 Å². The molecule has 9 nitrogen and oxygen atoms in total. The molecule has 23 heteroatoms. The molecule has 15 aromatic rings. The number of rotatable bonds is 21. The highest BCUT2D eigenvalue weighted by molar-refractivity contribution is 8.24. The lowest BCUT2D eigenvalue weighted by Crippen LogP contribution is -2.32. The van der Waals surface area contributed by atoms with E-state index < -0.39 is 0 Å². The van der Waals surface area contributed by atoms with E-state index in [9.17, 15) is 0 Å². The van der Waals surface area contributed by atoms with Crippen LogP contribution in [-0.2, 0) is 57.4 Å². The van der Waals surface area contributed by atoms with Crippen LogP contribution >= 0.6 is 167 Å². The first kappa shape index (κ1) is 91.9. The Hall–Kier alpha value is -7.43. The standard InChI is InChI=1S/C17H16N2S2.C15H16N2.C13H14N2S2.C13H15NS3.C13H12S2.C12H13NS3.C11H13NS2/c20-17(21-12-13-6-2-1-3-7-13)19-11-14-10-18-16-9-5-4-8-15(14)16;1-2-3-6-11-9-13-12-7-4-5-8-14(12)17-15(13)10-16-11;1-2-7-17-13(16)15-9-10-8-14-12-6-4-3-5-11(10)12;1-16-13(15)14-8-4-5-10-9-17-12-7-3-2-6-11(10)12;1-15-13(14)9-10-6-7-11-4-2-3-5-12(11)8-10;1-15-12(14)13-7-6-9-8-16-11-5-3-2-4-10(9)11;1-14-11(13)12-10-6-8-4-2-3-5-9(8)7-10/h1-10,18H,11-12H2,(H,19,20);4-5,7-10,17H,2-3,6H2,1H3;2-6,8,14H,1,7,9H2,(H,15,16);2-3,6-7,9H,4-5,8H2,1H3,(H,14,15);2-8H,9H2,1H3;2-5,8H,6-7H2,1H3,(H,13,14);2-5,10H,6-7H2,1H3,(H,12,13). The topological polar surface area (TPSA) is 120 Å². The van der Waals surface area contributed by atoms with Crippen molar-refractivity contribution in [1.29, 1.82) is 0 Å².